The maximum atomic E-state index is 2.30. The van der Waals surface area contributed by atoms with Crippen LogP contribution in [0.1, 0.15) is 56.7 Å². The first-order chi connectivity index (χ1) is 15.2. The minimum atomic E-state index is -0.594. The molecule has 0 bridgehead atoms. The third kappa shape index (κ3) is 6.65. The molecule has 0 heterocycles. The topological polar surface area (TPSA) is 0 Å². The summed E-state index contributed by atoms with van der Waals surface area (Å²) in [7, 11) is -0.594. The first-order valence-corrected chi connectivity index (χ1v) is 12.7. The summed E-state index contributed by atoms with van der Waals surface area (Å²) >= 11 is 0. The maximum Gasteiger partial charge on any atom is -0.0134 e. The van der Waals surface area contributed by atoms with E-state index in [-0.39, 0.29) is 0 Å². The van der Waals surface area contributed by atoms with Crippen LogP contribution in [0.25, 0.3) is 18.2 Å². The Balaban J connectivity index is 1.98. The maximum absolute atomic E-state index is 2.30. The highest BCUT2D eigenvalue weighted by Crippen LogP contribution is 2.33. The first kappa shape index (κ1) is 23.0. The van der Waals surface area contributed by atoms with Crippen molar-refractivity contribution in [3.8, 4) is 0 Å². The standard InChI is InChI=1S/C30H33P/c1-4-7-10-25-13-19-28(20-14-25)31(29-21-15-26(16-22-29)11-8-5-2)30-23-17-27(18-24-30)12-9-6-3/h7-24H,4-6H2,1-3H3. The van der Waals surface area contributed by atoms with Gasteiger partial charge in [-0.25, -0.2) is 0 Å². The molecule has 3 aromatic carbocycles. The largest absolute Gasteiger partial charge is 0.0842 e. The summed E-state index contributed by atoms with van der Waals surface area (Å²) in [6, 6.07) is 27.3. The Kier molecular flexibility index (Phi) is 9.07. The van der Waals surface area contributed by atoms with Crippen LogP contribution in [-0.4, -0.2) is 0 Å². The summed E-state index contributed by atoms with van der Waals surface area (Å²) in [6.45, 7) is 6.51. The molecule has 0 radical (unpaired) electrons. The fourth-order valence-corrected chi connectivity index (χ4v) is 5.65. The minimum absolute atomic E-state index is 0.594. The molecule has 0 spiro atoms. The van der Waals surface area contributed by atoms with Crippen LogP contribution in [0.3, 0.4) is 0 Å². The van der Waals surface area contributed by atoms with Crippen molar-refractivity contribution in [1.29, 1.82) is 0 Å². The zero-order valence-electron chi connectivity index (χ0n) is 19.0. The second-order valence-electron chi connectivity index (χ2n) is 7.54. The molecular formula is C30H33P. The Morgan fingerprint density at radius 2 is 0.710 bits per heavy atom. The Labute approximate surface area is 189 Å². The van der Waals surface area contributed by atoms with Gasteiger partial charge in [-0.2, -0.15) is 0 Å². The van der Waals surface area contributed by atoms with E-state index in [0.717, 1.165) is 19.3 Å². The lowest BCUT2D eigenvalue weighted by atomic mass is 10.2. The molecule has 31 heavy (non-hydrogen) atoms. The molecule has 3 aromatic rings. The van der Waals surface area contributed by atoms with Gasteiger partial charge in [-0.15, -0.1) is 0 Å². The summed E-state index contributed by atoms with van der Waals surface area (Å²) in [5.41, 5.74) is 3.79. The molecule has 0 atom stereocenters. The van der Waals surface area contributed by atoms with E-state index in [9.17, 15) is 0 Å². The van der Waals surface area contributed by atoms with Crippen molar-refractivity contribution >= 4 is 42.1 Å². The van der Waals surface area contributed by atoms with Gasteiger partial charge < -0.3 is 0 Å². The Hall–Kier alpha value is -2.69. The summed E-state index contributed by atoms with van der Waals surface area (Å²) in [4.78, 5) is 0. The van der Waals surface area contributed by atoms with Gasteiger partial charge in [-0.3, -0.25) is 0 Å². The molecule has 3 rings (SSSR count). The lowest BCUT2D eigenvalue weighted by Crippen LogP contribution is -2.20. The van der Waals surface area contributed by atoms with Crippen LogP contribution >= 0.6 is 7.92 Å². The smallest absolute Gasteiger partial charge is 0.0134 e. The molecule has 0 aliphatic heterocycles. The predicted octanol–water partition coefficient (Wildman–Crippen LogP) is 7.71. The van der Waals surface area contributed by atoms with Crippen molar-refractivity contribution in [3.05, 3.63) is 108 Å². The summed E-state index contributed by atoms with van der Waals surface area (Å²) in [5, 5.41) is 4.16. The number of allylic oxidation sites excluding steroid dienone is 3. The fraction of sp³-hybridized carbons (Fsp3) is 0.200. The first-order valence-electron chi connectivity index (χ1n) is 11.3. The molecule has 0 fully saturated rings. The summed E-state index contributed by atoms with van der Waals surface area (Å²) < 4.78 is 0. The van der Waals surface area contributed by atoms with Gasteiger partial charge in [0, 0.05) is 0 Å². The van der Waals surface area contributed by atoms with Crippen LogP contribution in [0.15, 0.2) is 91.0 Å². The average molecular weight is 425 g/mol. The zero-order valence-corrected chi connectivity index (χ0v) is 19.9. The second kappa shape index (κ2) is 12.2. The van der Waals surface area contributed by atoms with E-state index >= 15 is 0 Å². The van der Waals surface area contributed by atoms with Crippen molar-refractivity contribution in [2.75, 3.05) is 0 Å². The molecule has 158 valence electrons. The van der Waals surface area contributed by atoms with Gasteiger partial charge >= 0.3 is 0 Å². The van der Waals surface area contributed by atoms with E-state index in [2.05, 4.69) is 130 Å². The Morgan fingerprint density at radius 3 is 0.935 bits per heavy atom. The predicted molar refractivity (Wildman–Crippen MR) is 143 cm³/mol. The molecule has 0 saturated carbocycles. The van der Waals surface area contributed by atoms with Crippen molar-refractivity contribution < 1.29 is 0 Å². The Bertz CT molecular complexity index is 867. The zero-order chi connectivity index (χ0) is 21.9. The fourth-order valence-electron chi connectivity index (χ4n) is 3.41. The molecule has 0 unspecified atom stereocenters. The van der Waals surface area contributed by atoms with Gasteiger partial charge in [0.2, 0.25) is 0 Å². The molecular weight excluding hydrogens is 391 g/mol. The monoisotopic (exact) mass is 424 g/mol. The van der Waals surface area contributed by atoms with Gasteiger partial charge in [0.1, 0.15) is 0 Å². The quantitative estimate of drug-likeness (QED) is 0.309. The number of benzene rings is 3. The molecule has 0 aliphatic rings. The van der Waals surface area contributed by atoms with Crippen LogP contribution in [0.4, 0.5) is 0 Å². The highest BCUT2D eigenvalue weighted by Gasteiger charge is 2.16. The number of hydrogen-bond donors (Lipinski definition) is 0. The van der Waals surface area contributed by atoms with Crippen LogP contribution < -0.4 is 15.9 Å². The summed E-state index contributed by atoms with van der Waals surface area (Å²) in [5.74, 6) is 0. The SMILES string of the molecule is CCC=Cc1ccc(P(c2ccc(C=CCC)cc2)c2ccc(C=CCC)cc2)cc1. The van der Waals surface area contributed by atoms with Crippen molar-refractivity contribution in [1.82, 2.24) is 0 Å². The molecule has 0 aliphatic carbocycles. The van der Waals surface area contributed by atoms with Crippen molar-refractivity contribution in [2.45, 2.75) is 40.0 Å². The van der Waals surface area contributed by atoms with E-state index in [1.807, 2.05) is 0 Å². The van der Waals surface area contributed by atoms with Crippen LogP contribution in [0.5, 0.6) is 0 Å². The molecule has 0 aromatic heterocycles. The van der Waals surface area contributed by atoms with Crippen molar-refractivity contribution in [3.63, 3.8) is 0 Å². The van der Waals surface area contributed by atoms with E-state index in [1.165, 1.54) is 32.6 Å². The Morgan fingerprint density at radius 1 is 0.452 bits per heavy atom. The van der Waals surface area contributed by atoms with Crippen LogP contribution in [-0.2, 0) is 0 Å². The van der Waals surface area contributed by atoms with Gasteiger partial charge in [-0.1, -0.05) is 130 Å². The number of hydrogen-bond acceptors (Lipinski definition) is 0. The normalized spacial score (nSPS) is 12.9. The highest BCUT2D eigenvalue weighted by atomic mass is 31.1. The van der Waals surface area contributed by atoms with E-state index in [1.54, 1.807) is 0 Å². The molecule has 0 N–H and O–H groups in total. The molecule has 1 heteroatoms. The number of rotatable bonds is 9. The lowest BCUT2D eigenvalue weighted by Gasteiger charge is -2.20. The lowest BCUT2D eigenvalue weighted by molar-refractivity contribution is 1.23. The summed E-state index contributed by atoms with van der Waals surface area (Å²) in [6.07, 6.45) is 16.4. The third-order valence-corrected chi connectivity index (χ3v) is 7.54. The second-order valence-corrected chi connectivity index (χ2v) is 9.76. The van der Waals surface area contributed by atoms with E-state index in [4.69, 9.17) is 0 Å². The molecule has 0 nitrogen and oxygen atoms in total. The van der Waals surface area contributed by atoms with Gasteiger partial charge in [0.25, 0.3) is 0 Å². The van der Waals surface area contributed by atoms with Crippen molar-refractivity contribution in [2.24, 2.45) is 0 Å². The van der Waals surface area contributed by atoms with Gasteiger partial charge in [-0.05, 0) is 59.8 Å². The molecule has 0 saturated heterocycles. The average Bonchev–Trinajstić information content (AvgIpc) is 2.82. The minimum Gasteiger partial charge on any atom is -0.0842 e. The van der Waals surface area contributed by atoms with Crippen LogP contribution in [0, 0.1) is 0 Å². The van der Waals surface area contributed by atoms with Gasteiger partial charge in [0.15, 0.2) is 0 Å². The highest BCUT2D eigenvalue weighted by molar-refractivity contribution is 7.79. The third-order valence-electron chi connectivity index (χ3n) is 5.09. The van der Waals surface area contributed by atoms with E-state index < -0.39 is 7.92 Å². The van der Waals surface area contributed by atoms with Crippen LogP contribution in [0.2, 0.25) is 0 Å². The van der Waals surface area contributed by atoms with E-state index in [0.29, 0.717) is 0 Å². The molecule has 0 amide bonds. The van der Waals surface area contributed by atoms with Gasteiger partial charge in [0.05, 0.1) is 0 Å².